The zero-order valence-corrected chi connectivity index (χ0v) is 12.8. The Bertz CT molecular complexity index is 576. The van der Waals surface area contributed by atoms with Crippen molar-refractivity contribution in [2.24, 2.45) is 0 Å². The van der Waals surface area contributed by atoms with Crippen LogP contribution in [0.15, 0.2) is 18.3 Å². The van der Waals surface area contributed by atoms with E-state index in [0.29, 0.717) is 5.92 Å². The van der Waals surface area contributed by atoms with Gasteiger partial charge in [0.15, 0.2) is 0 Å². The van der Waals surface area contributed by atoms with Crippen LogP contribution in [0.1, 0.15) is 49.8 Å². The Morgan fingerprint density at radius 1 is 1.45 bits per heavy atom. The van der Waals surface area contributed by atoms with Gasteiger partial charge in [-0.25, -0.2) is 0 Å². The van der Waals surface area contributed by atoms with Crippen LogP contribution in [0.3, 0.4) is 0 Å². The van der Waals surface area contributed by atoms with Crippen LogP contribution < -0.4 is 4.90 Å². The first kappa shape index (κ1) is 14.6. The van der Waals surface area contributed by atoms with Gasteiger partial charge in [0.1, 0.15) is 0 Å². The van der Waals surface area contributed by atoms with Crippen LogP contribution >= 0.6 is 0 Å². The molecule has 1 atom stereocenters. The van der Waals surface area contributed by atoms with Crippen molar-refractivity contribution in [3.8, 4) is 0 Å². The van der Waals surface area contributed by atoms with Gasteiger partial charge in [0.05, 0.1) is 4.92 Å². The number of nitro groups is 1. The van der Waals surface area contributed by atoms with Gasteiger partial charge in [-0.05, 0) is 61.9 Å². The van der Waals surface area contributed by atoms with Gasteiger partial charge in [0, 0.05) is 24.4 Å². The van der Waals surface area contributed by atoms with E-state index in [4.69, 9.17) is 0 Å². The van der Waals surface area contributed by atoms with Gasteiger partial charge in [-0.2, -0.15) is 0 Å². The topological polar surface area (TPSA) is 46.4 Å². The lowest BCUT2D eigenvalue weighted by atomic mass is 9.79. The minimum atomic E-state index is -0.419. The molecule has 0 spiro atoms. The van der Waals surface area contributed by atoms with E-state index in [1.807, 2.05) is 6.92 Å². The maximum atomic E-state index is 10.5. The molecule has 4 heteroatoms. The van der Waals surface area contributed by atoms with Crippen molar-refractivity contribution in [3.05, 3.63) is 45.1 Å². The molecule has 0 N–H and O–H groups in total. The van der Waals surface area contributed by atoms with Crippen LogP contribution in [0.5, 0.6) is 0 Å². The van der Waals surface area contributed by atoms with Crippen LogP contribution in [0.4, 0.5) is 5.69 Å². The van der Waals surface area contributed by atoms with E-state index in [1.165, 1.54) is 11.3 Å². The second-order valence-electron chi connectivity index (χ2n) is 6.35. The first-order valence-electron chi connectivity index (χ1n) is 6.92. The third-order valence-corrected chi connectivity index (χ3v) is 4.40. The van der Waals surface area contributed by atoms with E-state index in [-0.39, 0.29) is 5.54 Å². The van der Waals surface area contributed by atoms with E-state index < -0.39 is 4.92 Å². The molecule has 0 amide bonds. The third kappa shape index (κ3) is 2.55. The Kier molecular flexibility index (Phi) is 3.59. The highest BCUT2D eigenvalue weighted by Gasteiger charge is 2.34. The number of hydrogen-bond acceptors (Lipinski definition) is 3. The molecule has 1 aromatic carbocycles. The number of nitrogens with zero attached hydrogens (tertiary/aromatic N) is 2. The van der Waals surface area contributed by atoms with Crippen molar-refractivity contribution in [1.29, 1.82) is 0 Å². The number of anilines is 1. The summed E-state index contributed by atoms with van der Waals surface area (Å²) in [7, 11) is 2.12. The fraction of sp³-hybridized carbons (Fsp3) is 0.500. The van der Waals surface area contributed by atoms with Crippen molar-refractivity contribution >= 4 is 11.8 Å². The fourth-order valence-corrected chi connectivity index (χ4v) is 3.06. The molecule has 0 fully saturated rings. The smallest absolute Gasteiger partial charge is 0.235 e. The average Bonchev–Trinajstić information content (AvgIpc) is 2.33. The Balaban J connectivity index is 2.51. The van der Waals surface area contributed by atoms with E-state index >= 15 is 0 Å². The van der Waals surface area contributed by atoms with Crippen molar-refractivity contribution in [3.63, 3.8) is 0 Å². The van der Waals surface area contributed by atoms with E-state index in [0.717, 1.165) is 23.7 Å². The standard InChI is InChI=1S/C16H22N2O2/c1-11-8-15-14(9-13(11)6-7-18(19)20)12(2)10-16(3,4)17(15)5/h6-9,12H,10H2,1-5H3/b7-6-/t12-/m1/s1. The van der Waals surface area contributed by atoms with E-state index in [2.05, 4.69) is 44.9 Å². The largest absolute Gasteiger partial charge is 0.369 e. The second kappa shape index (κ2) is 4.93. The molecule has 4 nitrogen and oxygen atoms in total. The molecule has 0 aromatic heterocycles. The van der Waals surface area contributed by atoms with Gasteiger partial charge in [0.25, 0.3) is 0 Å². The predicted molar refractivity (Wildman–Crippen MR) is 82.7 cm³/mol. The molecule has 0 radical (unpaired) electrons. The number of aryl methyl sites for hydroxylation is 1. The SMILES string of the molecule is Cc1cc2c(cc1/C=C\[N+](=O)[O-])[C@H](C)CC(C)(C)N2C. The summed E-state index contributed by atoms with van der Waals surface area (Å²) in [5.41, 5.74) is 4.65. The Morgan fingerprint density at radius 3 is 2.70 bits per heavy atom. The highest BCUT2D eigenvalue weighted by Crippen LogP contribution is 2.43. The molecule has 108 valence electrons. The minimum Gasteiger partial charge on any atom is -0.369 e. The summed E-state index contributed by atoms with van der Waals surface area (Å²) >= 11 is 0. The summed E-state index contributed by atoms with van der Waals surface area (Å²) in [6.45, 7) is 8.73. The van der Waals surface area contributed by atoms with Gasteiger partial charge in [0.2, 0.25) is 6.20 Å². The van der Waals surface area contributed by atoms with Crippen LogP contribution in [-0.2, 0) is 0 Å². The molecule has 0 aliphatic carbocycles. The zero-order valence-electron chi connectivity index (χ0n) is 12.8. The maximum absolute atomic E-state index is 10.5. The monoisotopic (exact) mass is 274 g/mol. The van der Waals surface area contributed by atoms with Crippen molar-refractivity contribution in [1.82, 2.24) is 0 Å². The number of benzene rings is 1. The van der Waals surface area contributed by atoms with Crippen molar-refractivity contribution in [2.75, 3.05) is 11.9 Å². The Morgan fingerprint density at radius 2 is 2.10 bits per heavy atom. The molecule has 0 saturated heterocycles. The quantitative estimate of drug-likeness (QED) is 0.605. The summed E-state index contributed by atoms with van der Waals surface area (Å²) in [6.07, 6.45) is 3.68. The van der Waals surface area contributed by atoms with Crippen molar-refractivity contribution < 1.29 is 4.92 Å². The van der Waals surface area contributed by atoms with Crippen LogP contribution in [0.25, 0.3) is 6.08 Å². The molecular weight excluding hydrogens is 252 g/mol. The zero-order chi connectivity index (χ0) is 15.1. The number of hydrogen-bond donors (Lipinski definition) is 0. The summed E-state index contributed by atoms with van der Waals surface area (Å²) in [5.74, 6) is 0.458. The lowest BCUT2D eigenvalue weighted by molar-refractivity contribution is -0.400. The first-order valence-corrected chi connectivity index (χ1v) is 6.92. The fourth-order valence-electron chi connectivity index (χ4n) is 3.06. The Labute approximate surface area is 120 Å². The molecule has 1 aromatic rings. The minimum absolute atomic E-state index is 0.136. The molecule has 1 heterocycles. The summed E-state index contributed by atoms with van der Waals surface area (Å²) in [5, 5.41) is 10.5. The normalized spacial score (nSPS) is 21.1. The van der Waals surface area contributed by atoms with Gasteiger partial charge < -0.3 is 4.90 Å². The van der Waals surface area contributed by atoms with Crippen LogP contribution in [-0.4, -0.2) is 17.5 Å². The van der Waals surface area contributed by atoms with Crippen LogP contribution in [0.2, 0.25) is 0 Å². The summed E-state index contributed by atoms with van der Waals surface area (Å²) in [4.78, 5) is 12.4. The molecule has 0 saturated carbocycles. The van der Waals surface area contributed by atoms with Gasteiger partial charge in [-0.3, -0.25) is 10.1 Å². The molecule has 1 aliphatic rings. The molecule has 0 unspecified atom stereocenters. The number of rotatable bonds is 2. The molecular formula is C16H22N2O2. The van der Waals surface area contributed by atoms with Gasteiger partial charge in [-0.15, -0.1) is 0 Å². The van der Waals surface area contributed by atoms with Gasteiger partial charge in [-0.1, -0.05) is 6.92 Å². The molecule has 1 aliphatic heterocycles. The van der Waals surface area contributed by atoms with Gasteiger partial charge >= 0.3 is 0 Å². The Hall–Kier alpha value is -1.84. The lowest BCUT2D eigenvalue weighted by Crippen LogP contribution is -2.45. The summed E-state index contributed by atoms with van der Waals surface area (Å²) in [6, 6.07) is 4.24. The highest BCUT2D eigenvalue weighted by molar-refractivity contribution is 5.66. The van der Waals surface area contributed by atoms with Crippen molar-refractivity contribution in [2.45, 2.75) is 45.6 Å². The lowest BCUT2D eigenvalue weighted by Gasteiger charge is -2.45. The maximum Gasteiger partial charge on any atom is 0.235 e. The highest BCUT2D eigenvalue weighted by atomic mass is 16.6. The average molecular weight is 274 g/mol. The van der Waals surface area contributed by atoms with Crippen LogP contribution in [0, 0.1) is 17.0 Å². The second-order valence-corrected chi connectivity index (χ2v) is 6.35. The summed E-state index contributed by atoms with van der Waals surface area (Å²) < 4.78 is 0. The van der Waals surface area contributed by atoms with E-state index in [9.17, 15) is 10.1 Å². The first-order chi connectivity index (χ1) is 9.22. The third-order valence-electron chi connectivity index (χ3n) is 4.40. The molecule has 2 rings (SSSR count). The molecule has 20 heavy (non-hydrogen) atoms. The molecule has 0 bridgehead atoms. The number of fused-ring (bicyclic) bond motifs is 1. The van der Waals surface area contributed by atoms with E-state index in [1.54, 1.807) is 6.08 Å². The predicted octanol–water partition coefficient (Wildman–Crippen LogP) is 3.96.